The Balaban J connectivity index is 2.69. The van der Waals surface area contributed by atoms with E-state index in [2.05, 4.69) is 28.3 Å². The van der Waals surface area contributed by atoms with Crippen LogP contribution in [0.4, 0.5) is 5.95 Å². The second-order valence-corrected chi connectivity index (χ2v) is 4.03. The summed E-state index contributed by atoms with van der Waals surface area (Å²) in [6, 6.07) is 2.14. The highest BCUT2D eigenvalue weighted by atomic mass is 15.1. The number of aryl methyl sites for hydroxylation is 1. The molecule has 0 aliphatic carbocycles. The molecule has 0 aliphatic heterocycles. The molecule has 1 aromatic heterocycles. The third-order valence-electron chi connectivity index (χ3n) is 1.95. The molecule has 1 heterocycles. The lowest BCUT2D eigenvalue weighted by molar-refractivity contribution is 0.715. The van der Waals surface area contributed by atoms with Crippen molar-refractivity contribution in [2.45, 2.75) is 39.2 Å². The van der Waals surface area contributed by atoms with Crippen LogP contribution in [0.3, 0.4) is 0 Å². The Morgan fingerprint density at radius 3 is 2.47 bits per heavy atom. The van der Waals surface area contributed by atoms with Gasteiger partial charge in [-0.2, -0.15) is 5.26 Å². The fraction of sp³-hybridized carbons (Fsp3) is 0.545. The minimum absolute atomic E-state index is 0.501. The van der Waals surface area contributed by atoms with Crippen molar-refractivity contribution in [2.75, 3.05) is 5.32 Å². The molecule has 0 bridgehead atoms. The number of anilines is 1. The molecule has 0 spiro atoms. The molecule has 0 atom stereocenters. The zero-order valence-electron chi connectivity index (χ0n) is 9.41. The quantitative estimate of drug-likeness (QED) is 0.816. The van der Waals surface area contributed by atoms with Gasteiger partial charge in [-0.3, -0.25) is 0 Å². The lowest BCUT2D eigenvalue weighted by Crippen LogP contribution is -2.29. The van der Waals surface area contributed by atoms with E-state index < -0.39 is 5.54 Å². The van der Waals surface area contributed by atoms with Crippen LogP contribution < -0.4 is 5.32 Å². The summed E-state index contributed by atoms with van der Waals surface area (Å²) in [5, 5.41) is 11.8. The standard InChI is InChI=1S/C11H16N4/c1-4-5-9-6-13-10(14-7-9)15-11(2,3)8-12/h6-7H,4-5H2,1-3H3,(H,13,14,15). The smallest absolute Gasteiger partial charge is 0.223 e. The number of nitrogens with zero attached hydrogens (tertiary/aromatic N) is 3. The van der Waals surface area contributed by atoms with Crippen LogP contribution in [0.5, 0.6) is 0 Å². The molecule has 0 amide bonds. The second kappa shape index (κ2) is 4.74. The molecular formula is C11H16N4. The number of nitrogens with one attached hydrogen (secondary N) is 1. The Morgan fingerprint density at radius 2 is 2.00 bits per heavy atom. The first kappa shape index (κ1) is 11.4. The lowest BCUT2D eigenvalue weighted by atomic mass is 10.1. The second-order valence-electron chi connectivity index (χ2n) is 4.03. The highest BCUT2D eigenvalue weighted by Gasteiger charge is 2.16. The molecule has 0 aliphatic rings. The van der Waals surface area contributed by atoms with E-state index in [1.165, 1.54) is 0 Å². The zero-order valence-corrected chi connectivity index (χ0v) is 9.41. The zero-order chi connectivity index (χ0) is 11.3. The maximum absolute atomic E-state index is 8.83. The highest BCUT2D eigenvalue weighted by molar-refractivity contribution is 5.32. The molecule has 1 rings (SSSR count). The molecule has 0 unspecified atom stereocenters. The molecule has 0 fully saturated rings. The van der Waals surface area contributed by atoms with Gasteiger partial charge < -0.3 is 5.32 Å². The van der Waals surface area contributed by atoms with Gasteiger partial charge in [0.1, 0.15) is 5.54 Å². The van der Waals surface area contributed by atoms with Gasteiger partial charge >= 0.3 is 0 Å². The molecule has 0 aromatic carbocycles. The first-order valence-corrected chi connectivity index (χ1v) is 5.08. The highest BCUT2D eigenvalue weighted by Crippen LogP contribution is 2.09. The van der Waals surface area contributed by atoms with Crippen molar-refractivity contribution in [1.29, 1.82) is 5.26 Å². The first-order valence-electron chi connectivity index (χ1n) is 5.08. The molecular weight excluding hydrogens is 188 g/mol. The number of hydrogen-bond donors (Lipinski definition) is 1. The maximum Gasteiger partial charge on any atom is 0.223 e. The van der Waals surface area contributed by atoms with Crippen LogP contribution in [0.15, 0.2) is 12.4 Å². The van der Waals surface area contributed by atoms with Crippen molar-refractivity contribution in [3.05, 3.63) is 18.0 Å². The predicted octanol–water partition coefficient (Wildman–Crippen LogP) is 2.14. The molecule has 1 aromatic rings. The Hall–Kier alpha value is -1.63. The van der Waals surface area contributed by atoms with Gasteiger partial charge in [-0.05, 0) is 25.8 Å². The summed E-state index contributed by atoms with van der Waals surface area (Å²) in [7, 11) is 0. The maximum atomic E-state index is 8.83. The van der Waals surface area contributed by atoms with Gasteiger partial charge in [-0.15, -0.1) is 0 Å². The largest absolute Gasteiger partial charge is 0.336 e. The number of aromatic nitrogens is 2. The Labute approximate surface area is 90.4 Å². The fourth-order valence-corrected chi connectivity index (χ4v) is 1.14. The predicted molar refractivity (Wildman–Crippen MR) is 59.3 cm³/mol. The third-order valence-corrected chi connectivity index (χ3v) is 1.95. The minimum Gasteiger partial charge on any atom is -0.336 e. The monoisotopic (exact) mass is 204 g/mol. The lowest BCUT2D eigenvalue weighted by Gasteiger charge is -2.16. The summed E-state index contributed by atoms with van der Waals surface area (Å²) in [5.41, 5.74) is 0.490. The summed E-state index contributed by atoms with van der Waals surface area (Å²) in [6.45, 7) is 5.69. The van der Waals surface area contributed by atoms with E-state index in [-0.39, 0.29) is 0 Å². The topological polar surface area (TPSA) is 61.6 Å². The average molecular weight is 204 g/mol. The van der Waals surface area contributed by atoms with Crippen LogP contribution in [0.2, 0.25) is 0 Å². The normalized spacial score (nSPS) is 10.8. The molecule has 1 N–H and O–H groups in total. The van der Waals surface area contributed by atoms with Crippen molar-refractivity contribution in [3.63, 3.8) is 0 Å². The Morgan fingerprint density at radius 1 is 1.40 bits per heavy atom. The van der Waals surface area contributed by atoms with E-state index in [1.807, 2.05) is 0 Å². The van der Waals surface area contributed by atoms with Gasteiger partial charge in [0, 0.05) is 12.4 Å². The van der Waals surface area contributed by atoms with E-state index >= 15 is 0 Å². The summed E-state index contributed by atoms with van der Waals surface area (Å²) in [4.78, 5) is 8.31. The number of nitriles is 1. The summed E-state index contributed by atoms with van der Waals surface area (Å²) < 4.78 is 0. The third kappa shape index (κ3) is 3.55. The summed E-state index contributed by atoms with van der Waals surface area (Å²) >= 11 is 0. The minimum atomic E-state index is -0.633. The SMILES string of the molecule is CCCc1cnc(NC(C)(C)C#N)nc1. The van der Waals surface area contributed by atoms with E-state index in [1.54, 1.807) is 26.2 Å². The molecule has 0 radical (unpaired) electrons. The van der Waals surface area contributed by atoms with Crippen molar-refractivity contribution in [2.24, 2.45) is 0 Å². The van der Waals surface area contributed by atoms with E-state index in [0.29, 0.717) is 5.95 Å². The van der Waals surface area contributed by atoms with Crippen LogP contribution in [0.1, 0.15) is 32.8 Å². The van der Waals surface area contributed by atoms with Crippen molar-refractivity contribution >= 4 is 5.95 Å². The van der Waals surface area contributed by atoms with Crippen molar-refractivity contribution in [3.8, 4) is 6.07 Å². The van der Waals surface area contributed by atoms with Crippen molar-refractivity contribution < 1.29 is 0 Å². The van der Waals surface area contributed by atoms with Crippen LogP contribution in [0, 0.1) is 11.3 Å². The summed E-state index contributed by atoms with van der Waals surface area (Å²) in [5.74, 6) is 0.501. The molecule has 4 heteroatoms. The number of hydrogen-bond acceptors (Lipinski definition) is 4. The van der Waals surface area contributed by atoms with E-state index in [0.717, 1.165) is 18.4 Å². The van der Waals surface area contributed by atoms with Crippen molar-refractivity contribution in [1.82, 2.24) is 9.97 Å². The van der Waals surface area contributed by atoms with Gasteiger partial charge in [-0.25, -0.2) is 9.97 Å². The van der Waals surface area contributed by atoms with Gasteiger partial charge in [0.25, 0.3) is 0 Å². The molecule has 15 heavy (non-hydrogen) atoms. The fourth-order valence-electron chi connectivity index (χ4n) is 1.14. The van der Waals surface area contributed by atoms with Crippen LogP contribution in [-0.2, 0) is 6.42 Å². The molecule has 4 nitrogen and oxygen atoms in total. The molecule has 0 saturated heterocycles. The van der Waals surface area contributed by atoms with Gasteiger partial charge in [0.05, 0.1) is 6.07 Å². The van der Waals surface area contributed by atoms with Gasteiger partial charge in [0.15, 0.2) is 0 Å². The summed E-state index contributed by atoms with van der Waals surface area (Å²) in [6.07, 6.45) is 5.67. The van der Waals surface area contributed by atoms with Gasteiger partial charge in [0.2, 0.25) is 5.95 Å². The Bertz CT molecular complexity index is 348. The molecule has 0 saturated carbocycles. The van der Waals surface area contributed by atoms with Crippen LogP contribution in [0.25, 0.3) is 0 Å². The van der Waals surface area contributed by atoms with Gasteiger partial charge in [-0.1, -0.05) is 13.3 Å². The average Bonchev–Trinajstić information content (AvgIpc) is 2.21. The van der Waals surface area contributed by atoms with Crippen LogP contribution in [-0.4, -0.2) is 15.5 Å². The van der Waals surface area contributed by atoms with E-state index in [4.69, 9.17) is 5.26 Å². The van der Waals surface area contributed by atoms with Crippen LogP contribution >= 0.6 is 0 Å². The number of rotatable bonds is 4. The first-order chi connectivity index (χ1) is 7.07. The molecule has 80 valence electrons. The van der Waals surface area contributed by atoms with E-state index in [9.17, 15) is 0 Å². The Kier molecular flexibility index (Phi) is 3.62.